The van der Waals surface area contributed by atoms with Crippen molar-refractivity contribution in [1.82, 2.24) is 5.32 Å². The Hall–Kier alpha value is -2.87. The van der Waals surface area contributed by atoms with E-state index in [4.69, 9.17) is 9.68 Å². The summed E-state index contributed by atoms with van der Waals surface area (Å²) in [7, 11) is 0. The van der Waals surface area contributed by atoms with Gasteiger partial charge in [0.05, 0.1) is 5.56 Å². The van der Waals surface area contributed by atoms with Crippen LogP contribution in [0.15, 0.2) is 46.4 Å². The normalized spacial score (nSPS) is 14.5. The van der Waals surface area contributed by atoms with Gasteiger partial charge in [0, 0.05) is 12.1 Å². The Balaban J connectivity index is 1.83. The smallest absolute Gasteiger partial charge is 0.262 e. The number of amides is 1. The number of nitrogens with one attached hydrogen (secondary N) is 1. The zero-order valence-corrected chi connectivity index (χ0v) is 11.7. The first-order valence-corrected chi connectivity index (χ1v) is 6.95. The average Bonchev–Trinajstić information content (AvgIpc) is 3.21. The van der Waals surface area contributed by atoms with E-state index in [0.717, 1.165) is 12.8 Å². The summed E-state index contributed by atoms with van der Waals surface area (Å²) in [5.41, 5.74) is 0.310. The fourth-order valence-electron chi connectivity index (χ4n) is 2.02. The number of hydrogen-bond donors (Lipinski definition) is 1. The van der Waals surface area contributed by atoms with Crippen LogP contribution in [-0.2, 0) is 4.79 Å². The summed E-state index contributed by atoms with van der Waals surface area (Å²) in [5, 5.41) is 11.8. The number of hydrogen-bond acceptors (Lipinski definition) is 3. The van der Waals surface area contributed by atoms with Gasteiger partial charge in [-0.2, -0.15) is 5.26 Å². The maximum atomic E-state index is 13.7. The minimum absolute atomic E-state index is 0.0265. The van der Waals surface area contributed by atoms with Crippen LogP contribution in [0.25, 0.3) is 17.4 Å². The van der Waals surface area contributed by atoms with Crippen LogP contribution in [0.5, 0.6) is 0 Å². The van der Waals surface area contributed by atoms with E-state index >= 15 is 0 Å². The topological polar surface area (TPSA) is 66.0 Å². The van der Waals surface area contributed by atoms with Crippen LogP contribution in [0.4, 0.5) is 4.39 Å². The highest BCUT2D eigenvalue weighted by Crippen LogP contribution is 2.26. The average molecular weight is 296 g/mol. The second kappa shape index (κ2) is 5.86. The van der Waals surface area contributed by atoms with Crippen molar-refractivity contribution in [2.75, 3.05) is 0 Å². The quantitative estimate of drug-likeness (QED) is 0.695. The van der Waals surface area contributed by atoms with Gasteiger partial charge in [0.15, 0.2) is 0 Å². The third-order valence-corrected chi connectivity index (χ3v) is 3.33. The molecule has 1 heterocycles. The Morgan fingerprint density at radius 3 is 2.77 bits per heavy atom. The maximum absolute atomic E-state index is 13.7. The molecule has 5 heteroatoms. The molecular formula is C17H13FN2O2. The van der Waals surface area contributed by atoms with Crippen molar-refractivity contribution >= 4 is 12.0 Å². The molecule has 0 bridgehead atoms. The monoisotopic (exact) mass is 296 g/mol. The maximum Gasteiger partial charge on any atom is 0.262 e. The van der Waals surface area contributed by atoms with Crippen LogP contribution in [0.1, 0.15) is 18.6 Å². The number of carbonyl (C=O) groups is 1. The van der Waals surface area contributed by atoms with Gasteiger partial charge in [-0.05, 0) is 37.1 Å². The number of benzene rings is 1. The first-order chi connectivity index (χ1) is 10.7. The first-order valence-electron chi connectivity index (χ1n) is 6.95. The Bertz CT molecular complexity index is 782. The molecule has 0 unspecified atom stereocenters. The highest BCUT2D eigenvalue weighted by atomic mass is 19.1. The lowest BCUT2D eigenvalue weighted by molar-refractivity contribution is -0.117. The van der Waals surface area contributed by atoms with Crippen molar-refractivity contribution in [3.05, 3.63) is 53.5 Å². The van der Waals surface area contributed by atoms with Crippen molar-refractivity contribution in [3.63, 3.8) is 0 Å². The standard InChI is InChI=1S/C17H13FN2O2/c18-15-4-2-1-3-14(15)16-8-7-13(22-16)9-11(10-19)17(21)20-12-5-6-12/h1-4,7-9,12H,5-6H2,(H,20,21)/b11-9+. The summed E-state index contributed by atoms with van der Waals surface area (Å²) in [6.45, 7) is 0. The van der Waals surface area contributed by atoms with Crippen molar-refractivity contribution in [3.8, 4) is 17.4 Å². The van der Waals surface area contributed by atoms with Crippen molar-refractivity contribution in [1.29, 1.82) is 5.26 Å². The predicted octanol–water partition coefficient (Wildman–Crippen LogP) is 3.27. The Kier molecular flexibility index (Phi) is 3.75. The van der Waals surface area contributed by atoms with E-state index in [1.54, 1.807) is 30.3 Å². The Morgan fingerprint density at radius 1 is 1.32 bits per heavy atom. The van der Waals surface area contributed by atoms with E-state index < -0.39 is 5.91 Å². The second-order valence-corrected chi connectivity index (χ2v) is 5.10. The molecule has 0 radical (unpaired) electrons. The molecule has 1 aliphatic carbocycles. The molecule has 0 spiro atoms. The fourth-order valence-corrected chi connectivity index (χ4v) is 2.02. The molecule has 1 N–H and O–H groups in total. The zero-order valence-electron chi connectivity index (χ0n) is 11.7. The summed E-state index contributed by atoms with van der Waals surface area (Å²) in [6.07, 6.45) is 3.26. The van der Waals surface area contributed by atoms with Gasteiger partial charge in [0.1, 0.15) is 29.0 Å². The number of rotatable bonds is 4. The molecule has 0 aliphatic heterocycles. The van der Waals surface area contributed by atoms with Crippen LogP contribution in [-0.4, -0.2) is 11.9 Å². The van der Waals surface area contributed by atoms with Crippen LogP contribution in [0.2, 0.25) is 0 Å². The van der Waals surface area contributed by atoms with Crippen LogP contribution < -0.4 is 5.32 Å². The molecule has 1 aromatic heterocycles. The van der Waals surface area contributed by atoms with E-state index in [-0.39, 0.29) is 17.4 Å². The lowest BCUT2D eigenvalue weighted by atomic mass is 10.1. The predicted molar refractivity (Wildman–Crippen MR) is 78.9 cm³/mol. The summed E-state index contributed by atoms with van der Waals surface area (Å²) >= 11 is 0. The summed E-state index contributed by atoms with van der Waals surface area (Å²) in [6, 6.07) is 11.5. The second-order valence-electron chi connectivity index (χ2n) is 5.10. The molecule has 0 atom stereocenters. The van der Waals surface area contributed by atoms with Crippen molar-refractivity contribution in [2.45, 2.75) is 18.9 Å². The fraction of sp³-hybridized carbons (Fsp3) is 0.176. The molecule has 1 amide bonds. The SMILES string of the molecule is N#C/C(=C\c1ccc(-c2ccccc2F)o1)C(=O)NC1CC1. The van der Waals surface area contributed by atoms with Crippen LogP contribution >= 0.6 is 0 Å². The molecular weight excluding hydrogens is 283 g/mol. The van der Waals surface area contributed by atoms with E-state index in [1.165, 1.54) is 12.1 Å². The third kappa shape index (κ3) is 3.07. The lowest BCUT2D eigenvalue weighted by Crippen LogP contribution is -2.26. The number of halogens is 1. The van der Waals surface area contributed by atoms with Gasteiger partial charge in [-0.3, -0.25) is 4.79 Å². The van der Waals surface area contributed by atoms with E-state index in [0.29, 0.717) is 17.1 Å². The number of nitriles is 1. The van der Waals surface area contributed by atoms with Gasteiger partial charge in [-0.25, -0.2) is 4.39 Å². The summed E-state index contributed by atoms with van der Waals surface area (Å²) in [4.78, 5) is 11.9. The molecule has 4 nitrogen and oxygen atoms in total. The van der Waals surface area contributed by atoms with E-state index in [9.17, 15) is 9.18 Å². The highest BCUT2D eigenvalue weighted by Gasteiger charge is 2.24. The minimum Gasteiger partial charge on any atom is -0.457 e. The number of furan rings is 1. The van der Waals surface area contributed by atoms with Crippen molar-refractivity contribution < 1.29 is 13.6 Å². The molecule has 0 saturated heterocycles. The molecule has 2 aromatic rings. The molecule has 22 heavy (non-hydrogen) atoms. The largest absolute Gasteiger partial charge is 0.457 e. The molecule has 3 rings (SSSR count). The Morgan fingerprint density at radius 2 is 2.09 bits per heavy atom. The van der Waals surface area contributed by atoms with Gasteiger partial charge < -0.3 is 9.73 Å². The zero-order chi connectivity index (χ0) is 15.5. The van der Waals surface area contributed by atoms with Gasteiger partial charge in [0.25, 0.3) is 5.91 Å². The molecule has 1 aliphatic rings. The number of nitrogens with zero attached hydrogens (tertiary/aromatic N) is 1. The van der Waals surface area contributed by atoms with Gasteiger partial charge >= 0.3 is 0 Å². The summed E-state index contributed by atoms with van der Waals surface area (Å²) in [5.74, 6) is -0.113. The van der Waals surface area contributed by atoms with Crippen LogP contribution in [0.3, 0.4) is 0 Å². The van der Waals surface area contributed by atoms with Crippen molar-refractivity contribution in [2.24, 2.45) is 0 Å². The molecule has 1 aromatic carbocycles. The Labute approximate surface area is 126 Å². The summed E-state index contributed by atoms with van der Waals surface area (Å²) < 4.78 is 19.2. The van der Waals surface area contributed by atoms with Gasteiger partial charge in [-0.1, -0.05) is 12.1 Å². The van der Waals surface area contributed by atoms with E-state index in [2.05, 4.69) is 5.32 Å². The van der Waals surface area contributed by atoms with Gasteiger partial charge in [-0.15, -0.1) is 0 Å². The molecule has 1 saturated carbocycles. The highest BCUT2D eigenvalue weighted by molar-refractivity contribution is 6.01. The third-order valence-electron chi connectivity index (χ3n) is 3.33. The number of carbonyl (C=O) groups excluding carboxylic acids is 1. The van der Waals surface area contributed by atoms with Gasteiger partial charge in [0.2, 0.25) is 0 Å². The first kappa shape index (κ1) is 14.1. The molecule has 1 fully saturated rings. The van der Waals surface area contributed by atoms with Crippen LogP contribution in [0, 0.1) is 17.1 Å². The van der Waals surface area contributed by atoms with E-state index in [1.807, 2.05) is 6.07 Å². The minimum atomic E-state index is -0.408. The lowest BCUT2D eigenvalue weighted by Gasteiger charge is -2.00. The molecule has 110 valence electrons.